The first-order chi connectivity index (χ1) is 19.6. The number of fused-ring (bicyclic) bond motifs is 1. The lowest BCUT2D eigenvalue weighted by Crippen LogP contribution is -2.52. The van der Waals surface area contributed by atoms with Gasteiger partial charge in [0.05, 0.1) is 24.7 Å². The molecule has 1 aliphatic carbocycles. The fourth-order valence-corrected chi connectivity index (χ4v) is 6.59. The molecule has 0 unspecified atom stereocenters. The largest absolute Gasteiger partial charge is 0.494 e. The van der Waals surface area contributed by atoms with Crippen LogP contribution in [0.1, 0.15) is 38.2 Å². The van der Waals surface area contributed by atoms with Crippen molar-refractivity contribution in [2.24, 2.45) is 5.92 Å². The van der Waals surface area contributed by atoms with E-state index < -0.39 is 0 Å². The molecule has 1 amide bonds. The molecule has 0 radical (unpaired) electrons. The SMILES string of the molecule is CCOc1cccc(Cn2ncc3c(N4CCN(C(=O)[C@H]5CC[C@H](N6CCN(C)CC6)CC5)CC4)ncnc32)c1. The van der Waals surface area contributed by atoms with Crippen molar-refractivity contribution in [1.29, 1.82) is 0 Å². The third-order valence-electron chi connectivity index (χ3n) is 8.95. The van der Waals surface area contributed by atoms with Crippen LogP contribution in [0.3, 0.4) is 0 Å². The standard InChI is InChI=1S/C30H42N8O2/c1-3-40-26-6-4-5-23(19-26)21-38-29-27(20-33-38)28(31-22-32-29)36-15-17-37(18-16-36)30(39)24-7-9-25(10-8-24)35-13-11-34(2)12-14-35/h4-6,19-20,22,24-25H,3,7-18,21H2,1-2H3/t24-,25-. The van der Waals surface area contributed by atoms with E-state index in [-0.39, 0.29) is 5.92 Å². The highest BCUT2D eigenvalue weighted by molar-refractivity contribution is 5.87. The van der Waals surface area contributed by atoms with E-state index in [1.165, 1.54) is 0 Å². The van der Waals surface area contributed by atoms with Crippen molar-refractivity contribution >= 4 is 22.8 Å². The molecule has 4 heterocycles. The molecule has 214 valence electrons. The summed E-state index contributed by atoms with van der Waals surface area (Å²) in [4.78, 5) is 32.0. The van der Waals surface area contributed by atoms with E-state index in [0.717, 1.165) is 106 Å². The number of likely N-dealkylation sites (N-methyl/N-ethyl adjacent to an activating group) is 1. The molecule has 3 aliphatic rings. The summed E-state index contributed by atoms with van der Waals surface area (Å²) in [6.45, 7) is 10.9. The number of aromatic nitrogens is 4. The topological polar surface area (TPSA) is 82.9 Å². The smallest absolute Gasteiger partial charge is 0.225 e. The highest BCUT2D eigenvalue weighted by Gasteiger charge is 2.34. The Labute approximate surface area is 236 Å². The molecular formula is C30H42N8O2. The lowest BCUT2D eigenvalue weighted by Gasteiger charge is -2.42. The Morgan fingerprint density at radius 2 is 1.75 bits per heavy atom. The van der Waals surface area contributed by atoms with Crippen LogP contribution in [0.15, 0.2) is 36.8 Å². The van der Waals surface area contributed by atoms with E-state index in [0.29, 0.717) is 25.1 Å². The van der Waals surface area contributed by atoms with Crippen LogP contribution in [0, 0.1) is 5.92 Å². The van der Waals surface area contributed by atoms with E-state index >= 15 is 0 Å². The monoisotopic (exact) mass is 546 g/mol. The molecule has 1 aromatic carbocycles. The molecule has 10 nitrogen and oxygen atoms in total. The molecule has 40 heavy (non-hydrogen) atoms. The highest BCUT2D eigenvalue weighted by atomic mass is 16.5. The van der Waals surface area contributed by atoms with Crippen LogP contribution in [0.2, 0.25) is 0 Å². The molecule has 1 saturated carbocycles. The average Bonchev–Trinajstić information content (AvgIpc) is 3.40. The Bertz CT molecular complexity index is 1290. The Balaban J connectivity index is 1.04. The number of piperazine rings is 2. The van der Waals surface area contributed by atoms with Crippen LogP contribution < -0.4 is 9.64 Å². The van der Waals surface area contributed by atoms with Gasteiger partial charge in [0, 0.05) is 64.3 Å². The van der Waals surface area contributed by atoms with Crippen molar-refractivity contribution < 1.29 is 9.53 Å². The number of amides is 1. The lowest BCUT2D eigenvalue weighted by atomic mass is 9.84. The average molecular weight is 547 g/mol. The lowest BCUT2D eigenvalue weighted by molar-refractivity contribution is -0.137. The summed E-state index contributed by atoms with van der Waals surface area (Å²) in [7, 11) is 2.21. The number of carbonyl (C=O) groups excluding carboxylic acids is 1. The van der Waals surface area contributed by atoms with Gasteiger partial charge in [-0.1, -0.05) is 12.1 Å². The van der Waals surface area contributed by atoms with E-state index in [1.54, 1.807) is 6.33 Å². The Hall–Kier alpha value is -3.24. The second-order valence-electron chi connectivity index (χ2n) is 11.5. The van der Waals surface area contributed by atoms with Gasteiger partial charge in [-0.15, -0.1) is 0 Å². The summed E-state index contributed by atoms with van der Waals surface area (Å²) in [6, 6.07) is 8.76. The minimum atomic E-state index is 0.181. The molecule has 2 aromatic heterocycles. The zero-order chi connectivity index (χ0) is 27.5. The number of nitrogens with zero attached hydrogens (tertiary/aromatic N) is 8. The number of benzene rings is 1. The number of hydrogen-bond donors (Lipinski definition) is 0. The van der Waals surface area contributed by atoms with Crippen LogP contribution >= 0.6 is 0 Å². The fraction of sp³-hybridized carbons (Fsp3) is 0.600. The van der Waals surface area contributed by atoms with Crippen molar-refractivity contribution in [3.8, 4) is 5.75 Å². The normalized spacial score (nSPS) is 23.1. The predicted octanol–water partition coefficient (Wildman–Crippen LogP) is 2.73. The maximum Gasteiger partial charge on any atom is 0.225 e. The Morgan fingerprint density at radius 3 is 2.50 bits per heavy atom. The summed E-state index contributed by atoms with van der Waals surface area (Å²) in [5, 5.41) is 5.60. The van der Waals surface area contributed by atoms with Crippen LogP contribution in [0.25, 0.3) is 11.0 Å². The second-order valence-corrected chi connectivity index (χ2v) is 11.5. The zero-order valence-electron chi connectivity index (χ0n) is 23.9. The van der Waals surface area contributed by atoms with Gasteiger partial charge in [-0.3, -0.25) is 9.69 Å². The van der Waals surface area contributed by atoms with Crippen molar-refractivity contribution in [1.82, 2.24) is 34.4 Å². The van der Waals surface area contributed by atoms with Crippen molar-refractivity contribution in [3.05, 3.63) is 42.4 Å². The number of rotatable bonds is 7. The van der Waals surface area contributed by atoms with Gasteiger partial charge in [-0.05, 0) is 57.4 Å². The first kappa shape index (κ1) is 27.0. The fourth-order valence-electron chi connectivity index (χ4n) is 6.59. The summed E-state index contributed by atoms with van der Waals surface area (Å²) in [5.41, 5.74) is 1.93. The highest BCUT2D eigenvalue weighted by Crippen LogP contribution is 2.31. The van der Waals surface area contributed by atoms with Crippen LogP contribution in [-0.4, -0.2) is 112 Å². The van der Waals surface area contributed by atoms with E-state index in [9.17, 15) is 4.79 Å². The van der Waals surface area contributed by atoms with Crippen molar-refractivity contribution in [3.63, 3.8) is 0 Å². The second kappa shape index (κ2) is 12.1. The number of ether oxygens (including phenoxy) is 1. The number of hydrogen-bond acceptors (Lipinski definition) is 8. The van der Waals surface area contributed by atoms with Gasteiger partial charge < -0.3 is 19.4 Å². The molecule has 0 bridgehead atoms. The summed E-state index contributed by atoms with van der Waals surface area (Å²) in [5.74, 6) is 2.30. The number of carbonyl (C=O) groups is 1. The van der Waals surface area contributed by atoms with Gasteiger partial charge in [-0.2, -0.15) is 5.10 Å². The maximum atomic E-state index is 13.4. The first-order valence-electron chi connectivity index (χ1n) is 14.9. The summed E-state index contributed by atoms with van der Waals surface area (Å²) in [6.07, 6.45) is 7.85. The molecule has 6 rings (SSSR count). The third kappa shape index (κ3) is 5.78. The quantitative estimate of drug-likeness (QED) is 0.448. The molecule has 3 fully saturated rings. The van der Waals surface area contributed by atoms with Gasteiger partial charge in [0.15, 0.2) is 5.65 Å². The molecule has 2 aliphatic heterocycles. The summed E-state index contributed by atoms with van der Waals surface area (Å²) >= 11 is 0. The third-order valence-corrected chi connectivity index (χ3v) is 8.95. The minimum Gasteiger partial charge on any atom is -0.494 e. The molecule has 2 saturated heterocycles. The van der Waals surface area contributed by atoms with E-state index in [1.807, 2.05) is 36.0 Å². The molecular weight excluding hydrogens is 504 g/mol. The molecule has 10 heteroatoms. The first-order valence-corrected chi connectivity index (χ1v) is 14.9. The van der Waals surface area contributed by atoms with Crippen molar-refractivity contribution in [2.45, 2.75) is 45.2 Å². The van der Waals surface area contributed by atoms with Crippen LogP contribution in [0.5, 0.6) is 5.75 Å². The molecule has 0 spiro atoms. The van der Waals surface area contributed by atoms with Crippen LogP contribution in [-0.2, 0) is 11.3 Å². The van der Waals surface area contributed by atoms with E-state index in [2.05, 4.69) is 47.8 Å². The summed E-state index contributed by atoms with van der Waals surface area (Å²) < 4.78 is 7.58. The van der Waals surface area contributed by atoms with Crippen LogP contribution in [0.4, 0.5) is 5.82 Å². The van der Waals surface area contributed by atoms with Gasteiger partial charge in [0.2, 0.25) is 5.91 Å². The Morgan fingerprint density at radius 1 is 0.975 bits per heavy atom. The zero-order valence-corrected chi connectivity index (χ0v) is 23.9. The van der Waals surface area contributed by atoms with E-state index in [4.69, 9.17) is 4.74 Å². The number of anilines is 1. The predicted molar refractivity (Wildman–Crippen MR) is 156 cm³/mol. The molecule has 0 N–H and O–H groups in total. The van der Waals surface area contributed by atoms with Crippen molar-refractivity contribution in [2.75, 3.05) is 70.9 Å². The molecule has 0 atom stereocenters. The van der Waals surface area contributed by atoms with Gasteiger partial charge in [-0.25, -0.2) is 14.6 Å². The van der Waals surface area contributed by atoms with Gasteiger partial charge in [0.25, 0.3) is 0 Å². The van der Waals surface area contributed by atoms with Gasteiger partial charge in [0.1, 0.15) is 17.9 Å². The molecule has 3 aromatic rings. The maximum absolute atomic E-state index is 13.4. The van der Waals surface area contributed by atoms with Gasteiger partial charge >= 0.3 is 0 Å². The Kier molecular flexibility index (Phi) is 8.15. The minimum absolute atomic E-state index is 0.181.